The second-order valence-electron chi connectivity index (χ2n) is 14.2. The molecule has 4 unspecified atom stereocenters. The van der Waals surface area contributed by atoms with E-state index in [0.717, 1.165) is 38.0 Å². The van der Waals surface area contributed by atoms with E-state index in [1.807, 2.05) is 0 Å². The average molecular weight is 679 g/mol. The summed E-state index contributed by atoms with van der Waals surface area (Å²) in [4.78, 5) is 0. The Hall–Kier alpha value is -2.42. The van der Waals surface area contributed by atoms with Crippen molar-refractivity contribution in [3.8, 4) is 33.4 Å². The van der Waals surface area contributed by atoms with Crippen LogP contribution in [-0.4, -0.2) is 24.4 Å². The maximum atomic E-state index is 6.58. The van der Waals surface area contributed by atoms with Crippen LogP contribution >= 0.6 is 16.8 Å². The van der Waals surface area contributed by atoms with Crippen molar-refractivity contribution in [1.29, 1.82) is 0 Å². The maximum Gasteiger partial charge on any atom is 0.175 e. The first-order valence-electron chi connectivity index (χ1n) is 18.1. The highest BCUT2D eigenvalue weighted by molar-refractivity contribution is 7.47. The fourth-order valence-corrected chi connectivity index (χ4v) is 11.9. The van der Waals surface area contributed by atoms with Crippen molar-refractivity contribution >= 4 is 16.8 Å². The van der Waals surface area contributed by atoms with Gasteiger partial charge in [0.2, 0.25) is 0 Å². The number of benzene rings is 4. The van der Waals surface area contributed by atoms with Gasteiger partial charge < -0.3 is 18.1 Å². The fourth-order valence-electron chi connectivity index (χ4n) is 8.13. The number of rotatable bonds is 7. The summed E-state index contributed by atoms with van der Waals surface area (Å²) in [5.41, 5.74) is 17.1. The van der Waals surface area contributed by atoms with Crippen LogP contribution in [0.25, 0.3) is 33.4 Å². The van der Waals surface area contributed by atoms with Gasteiger partial charge in [0.25, 0.3) is 0 Å². The molecule has 2 aliphatic carbocycles. The summed E-state index contributed by atoms with van der Waals surface area (Å²) in [7, 11) is -2.14. The van der Waals surface area contributed by atoms with Crippen molar-refractivity contribution < 1.29 is 18.1 Å². The Labute approximate surface area is 289 Å². The van der Waals surface area contributed by atoms with E-state index in [4.69, 9.17) is 18.1 Å². The Bertz CT molecular complexity index is 1620. The van der Waals surface area contributed by atoms with Crippen LogP contribution in [0.1, 0.15) is 86.8 Å². The van der Waals surface area contributed by atoms with E-state index < -0.39 is 16.8 Å². The van der Waals surface area contributed by atoms with Crippen molar-refractivity contribution in [1.82, 2.24) is 0 Å². The minimum Gasteiger partial charge on any atom is -0.328 e. The van der Waals surface area contributed by atoms with Crippen LogP contribution in [0.2, 0.25) is 0 Å². The largest absolute Gasteiger partial charge is 0.328 e. The Morgan fingerprint density at radius 1 is 0.500 bits per heavy atom. The smallest absolute Gasteiger partial charge is 0.175 e. The normalized spacial score (nSPS) is 26.8. The summed E-state index contributed by atoms with van der Waals surface area (Å²) in [5.74, 6) is 0. The van der Waals surface area contributed by atoms with Crippen molar-refractivity contribution in [3.63, 3.8) is 0 Å². The number of hydrogen-bond donors (Lipinski definition) is 0. The van der Waals surface area contributed by atoms with Gasteiger partial charge in [-0.1, -0.05) is 72.8 Å². The second-order valence-corrected chi connectivity index (χ2v) is 17.0. The molecule has 4 aromatic rings. The summed E-state index contributed by atoms with van der Waals surface area (Å²) < 4.78 is 26.3. The molecule has 2 saturated heterocycles. The fraction of sp³-hybridized carbons (Fsp3) is 0.429. The molecule has 48 heavy (non-hydrogen) atoms. The zero-order valence-electron chi connectivity index (χ0n) is 28.8. The molecule has 0 aromatic heterocycles. The zero-order chi connectivity index (χ0) is 32.8. The van der Waals surface area contributed by atoms with Gasteiger partial charge in [0.15, 0.2) is 16.8 Å². The van der Waals surface area contributed by atoms with Gasteiger partial charge in [0.1, 0.15) is 0 Å². The van der Waals surface area contributed by atoms with Crippen LogP contribution in [0.3, 0.4) is 0 Å². The molecule has 6 heteroatoms. The van der Waals surface area contributed by atoms with E-state index in [1.54, 1.807) is 11.1 Å². The van der Waals surface area contributed by atoms with E-state index in [-0.39, 0.29) is 24.4 Å². The molecular weight excluding hydrogens is 630 g/mol. The summed E-state index contributed by atoms with van der Waals surface area (Å²) >= 11 is 0. The Morgan fingerprint density at radius 3 is 1.23 bits per heavy atom. The Morgan fingerprint density at radius 2 is 0.854 bits per heavy atom. The lowest BCUT2D eigenvalue weighted by Crippen LogP contribution is -2.14. The summed E-state index contributed by atoms with van der Waals surface area (Å²) in [6.07, 6.45) is 11.4. The highest BCUT2D eigenvalue weighted by Crippen LogP contribution is 2.58. The molecule has 0 radical (unpaired) electrons. The van der Waals surface area contributed by atoms with Crippen LogP contribution in [0.15, 0.2) is 72.8 Å². The number of aryl methyl sites for hydroxylation is 2. The number of fused-ring (bicyclic) bond motifs is 2. The van der Waals surface area contributed by atoms with Gasteiger partial charge in [0.05, 0.1) is 24.4 Å². The topological polar surface area (TPSA) is 36.9 Å². The molecule has 8 rings (SSSR count). The van der Waals surface area contributed by atoms with E-state index in [1.165, 1.54) is 81.3 Å². The van der Waals surface area contributed by atoms with Crippen molar-refractivity contribution in [2.45, 2.75) is 116 Å². The summed E-state index contributed by atoms with van der Waals surface area (Å²) in [6, 6.07) is 27.2. The highest BCUT2D eigenvalue weighted by Gasteiger charge is 2.37. The molecule has 2 fully saturated rings. The van der Waals surface area contributed by atoms with Crippen molar-refractivity contribution in [2.75, 3.05) is 0 Å². The highest BCUT2D eigenvalue weighted by atomic mass is 31.2. The molecule has 0 spiro atoms. The predicted octanol–water partition coefficient (Wildman–Crippen LogP) is 11.7. The SMILES string of the molecule is CC1OP(Cc2c(-c3ccccc3)cc3c(c2-c2c4c(cc(-c5ccccc5)c2CP2OC(C)C(C)O2)CCCC4)CCCC3)OC1C. The molecule has 0 N–H and O–H groups in total. The van der Waals surface area contributed by atoms with Crippen LogP contribution in [0.5, 0.6) is 0 Å². The molecular formula is C42H48O4P2. The molecule has 4 aromatic carbocycles. The van der Waals surface area contributed by atoms with Gasteiger partial charge in [0, 0.05) is 12.3 Å². The van der Waals surface area contributed by atoms with E-state index >= 15 is 0 Å². The molecule has 4 aliphatic rings. The van der Waals surface area contributed by atoms with Crippen LogP contribution < -0.4 is 0 Å². The molecule has 2 heterocycles. The van der Waals surface area contributed by atoms with E-state index in [0.29, 0.717) is 0 Å². The van der Waals surface area contributed by atoms with Gasteiger partial charge in [-0.25, -0.2) is 0 Å². The molecule has 0 amide bonds. The van der Waals surface area contributed by atoms with Gasteiger partial charge in [-0.15, -0.1) is 0 Å². The minimum atomic E-state index is -1.07. The zero-order valence-corrected chi connectivity index (χ0v) is 30.6. The maximum absolute atomic E-state index is 6.58. The van der Waals surface area contributed by atoms with Crippen LogP contribution in [0, 0.1) is 0 Å². The first-order valence-corrected chi connectivity index (χ1v) is 20.9. The summed E-state index contributed by atoms with van der Waals surface area (Å²) in [5, 5.41) is 0. The Kier molecular flexibility index (Phi) is 9.60. The second kappa shape index (κ2) is 14.1. The standard InChI is InChI=1S/C42H48O4P2/c1-27-28(2)44-47(43-27)25-39-37(31-15-7-5-8-16-31)23-33-19-11-13-21-35(33)41(39)42-36-22-14-12-20-34(36)24-38(32-17-9-6-10-18-32)40(42)26-48-45-29(3)30(4)46-48/h5-10,15-18,23-24,27-30H,11-14,19-22,25-26H2,1-4H3. The van der Waals surface area contributed by atoms with Gasteiger partial charge >= 0.3 is 0 Å². The molecule has 0 saturated carbocycles. The third kappa shape index (κ3) is 6.35. The number of hydrogen-bond acceptors (Lipinski definition) is 4. The monoisotopic (exact) mass is 678 g/mol. The van der Waals surface area contributed by atoms with E-state index in [2.05, 4.69) is 100 Å². The summed E-state index contributed by atoms with van der Waals surface area (Å²) in [6.45, 7) is 8.62. The molecule has 4 atom stereocenters. The molecule has 2 aliphatic heterocycles. The Balaban J connectivity index is 1.44. The third-order valence-corrected chi connectivity index (χ3v) is 14.4. The minimum absolute atomic E-state index is 0.102. The predicted molar refractivity (Wildman–Crippen MR) is 199 cm³/mol. The van der Waals surface area contributed by atoms with Crippen molar-refractivity contribution in [2.24, 2.45) is 0 Å². The van der Waals surface area contributed by atoms with Crippen molar-refractivity contribution in [3.05, 3.63) is 106 Å². The lowest BCUT2D eigenvalue weighted by Gasteiger charge is -2.32. The first kappa shape index (κ1) is 32.8. The quantitative estimate of drug-likeness (QED) is 0.182. The lowest BCUT2D eigenvalue weighted by atomic mass is 9.74. The average Bonchev–Trinajstić information content (AvgIpc) is 3.61. The molecule has 250 valence electrons. The van der Waals surface area contributed by atoms with Crippen LogP contribution in [0.4, 0.5) is 0 Å². The first-order chi connectivity index (χ1) is 23.4. The molecule has 4 nitrogen and oxygen atoms in total. The lowest BCUT2D eigenvalue weighted by molar-refractivity contribution is 0.187. The van der Waals surface area contributed by atoms with Gasteiger partial charge in [-0.2, -0.15) is 0 Å². The van der Waals surface area contributed by atoms with Crippen LogP contribution in [-0.2, 0) is 56.1 Å². The van der Waals surface area contributed by atoms with Gasteiger partial charge in [-0.3, -0.25) is 0 Å². The molecule has 0 bridgehead atoms. The third-order valence-electron chi connectivity index (χ3n) is 11.0. The van der Waals surface area contributed by atoms with E-state index in [9.17, 15) is 0 Å². The van der Waals surface area contributed by atoms with Gasteiger partial charge in [-0.05, 0) is 146 Å².